The Balaban J connectivity index is 2.51. The second kappa shape index (κ2) is 4.23. The van der Waals surface area contributed by atoms with Gasteiger partial charge in [-0.1, -0.05) is 0 Å². The SMILES string of the molecule is CC1CN(CCCN)C(=O)C(=O)N1. The van der Waals surface area contributed by atoms with Crippen LogP contribution in [0.5, 0.6) is 0 Å². The van der Waals surface area contributed by atoms with Crippen LogP contribution in [0.2, 0.25) is 0 Å². The summed E-state index contributed by atoms with van der Waals surface area (Å²) in [5.74, 6) is -0.942. The predicted octanol–water partition coefficient (Wildman–Crippen LogP) is -1.32. The molecule has 1 saturated heterocycles. The zero-order valence-corrected chi connectivity index (χ0v) is 7.75. The average Bonchev–Trinajstić information content (AvgIpc) is 2.09. The van der Waals surface area contributed by atoms with Crippen LogP contribution in [0.25, 0.3) is 0 Å². The molecule has 74 valence electrons. The largest absolute Gasteiger partial charge is 0.344 e. The summed E-state index contributed by atoms with van der Waals surface area (Å²) in [5, 5.41) is 2.57. The molecule has 0 spiro atoms. The van der Waals surface area contributed by atoms with E-state index in [4.69, 9.17) is 5.73 Å². The van der Waals surface area contributed by atoms with Gasteiger partial charge in [0.1, 0.15) is 0 Å². The summed E-state index contributed by atoms with van der Waals surface area (Å²) in [7, 11) is 0. The van der Waals surface area contributed by atoms with Gasteiger partial charge in [0.15, 0.2) is 0 Å². The number of hydrogen-bond donors (Lipinski definition) is 2. The van der Waals surface area contributed by atoms with Crippen molar-refractivity contribution >= 4 is 11.8 Å². The first-order chi connectivity index (χ1) is 6.15. The maximum Gasteiger partial charge on any atom is 0.311 e. The Labute approximate surface area is 77.3 Å². The second-order valence-electron chi connectivity index (χ2n) is 3.27. The topological polar surface area (TPSA) is 75.4 Å². The molecular weight excluding hydrogens is 170 g/mol. The van der Waals surface area contributed by atoms with Crippen LogP contribution in [0.1, 0.15) is 13.3 Å². The van der Waals surface area contributed by atoms with Crippen LogP contribution >= 0.6 is 0 Å². The van der Waals surface area contributed by atoms with Gasteiger partial charge in [0.25, 0.3) is 0 Å². The molecular formula is C8H15N3O2. The fourth-order valence-corrected chi connectivity index (χ4v) is 1.36. The highest BCUT2D eigenvalue weighted by atomic mass is 16.2. The van der Waals surface area contributed by atoms with Crippen molar-refractivity contribution in [2.75, 3.05) is 19.6 Å². The predicted molar refractivity (Wildman–Crippen MR) is 47.9 cm³/mol. The Hall–Kier alpha value is -1.10. The van der Waals surface area contributed by atoms with Gasteiger partial charge in [-0.15, -0.1) is 0 Å². The van der Waals surface area contributed by atoms with E-state index in [-0.39, 0.29) is 6.04 Å². The Morgan fingerprint density at radius 1 is 1.62 bits per heavy atom. The summed E-state index contributed by atoms with van der Waals surface area (Å²) in [6, 6.07) is 0.0444. The number of carbonyl (C=O) groups excluding carboxylic acids is 2. The van der Waals surface area contributed by atoms with E-state index >= 15 is 0 Å². The molecule has 5 nitrogen and oxygen atoms in total. The van der Waals surface area contributed by atoms with Gasteiger partial charge < -0.3 is 16.0 Å². The molecule has 1 atom stereocenters. The molecule has 0 bridgehead atoms. The number of hydrogen-bond acceptors (Lipinski definition) is 3. The van der Waals surface area contributed by atoms with E-state index in [9.17, 15) is 9.59 Å². The summed E-state index contributed by atoms with van der Waals surface area (Å²) >= 11 is 0. The molecule has 0 aromatic heterocycles. The molecule has 5 heteroatoms. The third kappa shape index (κ3) is 2.42. The van der Waals surface area contributed by atoms with Crippen molar-refractivity contribution in [3.63, 3.8) is 0 Å². The molecule has 1 aliphatic rings. The number of amides is 2. The fraction of sp³-hybridized carbons (Fsp3) is 0.750. The first kappa shape index (κ1) is 9.98. The third-order valence-corrected chi connectivity index (χ3v) is 1.99. The quantitative estimate of drug-likeness (QED) is 0.536. The van der Waals surface area contributed by atoms with Crippen LogP contribution in [-0.4, -0.2) is 42.4 Å². The first-order valence-corrected chi connectivity index (χ1v) is 4.45. The molecule has 0 aromatic rings. The number of rotatable bonds is 3. The first-order valence-electron chi connectivity index (χ1n) is 4.45. The summed E-state index contributed by atoms with van der Waals surface area (Å²) in [6.07, 6.45) is 0.742. The van der Waals surface area contributed by atoms with Crippen molar-refractivity contribution < 1.29 is 9.59 Å². The zero-order chi connectivity index (χ0) is 9.84. The van der Waals surface area contributed by atoms with Crippen molar-refractivity contribution in [1.82, 2.24) is 10.2 Å². The molecule has 13 heavy (non-hydrogen) atoms. The number of nitrogens with zero attached hydrogens (tertiary/aromatic N) is 1. The minimum atomic E-state index is -0.504. The van der Waals surface area contributed by atoms with Crippen LogP contribution in [0.15, 0.2) is 0 Å². The van der Waals surface area contributed by atoms with Crippen LogP contribution in [0, 0.1) is 0 Å². The third-order valence-electron chi connectivity index (χ3n) is 1.99. The molecule has 1 fully saturated rings. The Morgan fingerprint density at radius 3 is 2.92 bits per heavy atom. The van der Waals surface area contributed by atoms with Crippen LogP contribution < -0.4 is 11.1 Å². The van der Waals surface area contributed by atoms with Gasteiger partial charge in [-0.3, -0.25) is 9.59 Å². The highest BCUT2D eigenvalue weighted by Gasteiger charge is 2.29. The van der Waals surface area contributed by atoms with Gasteiger partial charge in [-0.05, 0) is 19.9 Å². The number of nitrogens with two attached hydrogens (primary N) is 1. The molecule has 1 unspecified atom stereocenters. The molecule has 3 N–H and O–H groups in total. The highest BCUT2D eigenvalue weighted by Crippen LogP contribution is 2.01. The van der Waals surface area contributed by atoms with E-state index in [0.29, 0.717) is 19.6 Å². The van der Waals surface area contributed by atoms with Crippen molar-refractivity contribution in [2.45, 2.75) is 19.4 Å². The lowest BCUT2D eigenvalue weighted by atomic mass is 10.2. The maximum atomic E-state index is 11.2. The van der Waals surface area contributed by atoms with Gasteiger partial charge in [0, 0.05) is 19.1 Å². The van der Waals surface area contributed by atoms with Crippen LogP contribution in [-0.2, 0) is 9.59 Å². The Kier molecular flexibility index (Phi) is 3.25. The van der Waals surface area contributed by atoms with E-state index < -0.39 is 11.8 Å². The van der Waals surface area contributed by atoms with E-state index in [0.717, 1.165) is 6.42 Å². The Bertz CT molecular complexity index is 217. The van der Waals surface area contributed by atoms with Gasteiger partial charge in [0.2, 0.25) is 0 Å². The summed E-state index contributed by atoms with van der Waals surface area (Å²) in [6.45, 7) is 3.58. The van der Waals surface area contributed by atoms with Gasteiger partial charge in [-0.2, -0.15) is 0 Å². The smallest absolute Gasteiger partial charge is 0.311 e. The molecule has 1 aliphatic heterocycles. The second-order valence-corrected chi connectivity index (χ2v) is 3.27. The van der Waals surface area contributed by atoms with Gasteiger partial charge >= 0.3 is 11.8 Å². The van der Waals surface area contributed by atoms with Crippen molar-refractivity contribution in [3.8, 4) is 0 Å². The van der Waals surface area contributed by atoms with Crippen LogP contribution in [0.4, 0.5) is 0 Å². The minimum absolute atomic E-state index is 0.0444. The fourth-order valence-electron chi connectivity index (χ4n) is 1.36. The Morgan fingerprint density at radius 2 is 2.31 bits per heavy atom. The highest BCUT2D eigenvalue weighted by molar-refractivity contribution is 6.35. The summed E-state index contributed by atoms with van der Waals surface area (Å²) in [5.41, 5.74) is 5.32. The molecule has 0 saturated carbocycles. The summed E-state index contributed by atoms with van der Waals surface area (Å²) < 4.78 is 0. The molecule has 1 heterocycles. The molecule has 0 radical (unpaired) electrons. The number of nitrogens with one attached hydrogen (secondary N) is 1. The molecule has 2 amide bonds. The normalized spacial score (nSPS) is 23.2. The molecule has 0 aromatic carbocycles. The van der Waals surface area contributed by atoms with E-state index in [1.54, 1.807) is 4.90 Å². The van der Waals surface area contributed by atoms with Crippen molar-refractivity contribution in [2.24, 2.45) is 5.73 Å². The van der Waals surface area contributed by atoms with Crippen molar-refractivity contribution in [3.05, 3.63) is 0 Å². The maximum absolute atomic E-state index is 11.2. The molecule has 1 rings (SSSR count). The lowest BCUT2D eigenvalue weighted by Crippen LogP contribution is -2.56. The number of carbonyl (C=O) groups is 2. The molecule has 0 aliphatic carbocycles. The lowest BCUT2D eigenvalue weighted by molar-refractivity contribution is -0.149. The summed E-state index contributed by atoms with van der Waals surface area (Å²) in [4.78, 5) is 23.8. The van der Waals surface area contributed by atoms with E-state index in [1.807, 2.05) is 6.92 Å². The minimum Gasteiger partial charge on any atom is -0.344 e. The van der Waals surface area contributed by atoms with Gasteiger partial charge in [0.05, 0.1) is 0 Å². The van der Waals surface area contributed by atoms with E-state index in [1.165, 1.54) is 0 Å². The van der Waals surface area contributed by atoms with Crippen molar-refractivity contribution in [1.29, 1.82) is 0 Å². The lowest BCUT2D eigenvalue weighted by Gasteiger charge is -2.30. The van der Waals surface area contributed by atoms with Crippen LogP contribution in [0.3, 0.4) is 0 Å². The van der Waals surface area contributed by atoms with E-state index in [2.05, 4.69) is 5.32 Å². The monoisotopic (exact) mass is 185 g/mol. The standard InChI is InChI=1S/C8H15N3O2/c1-6-5-11(4-2-3-9)8(13)7(12)10-6/h6H,2-5,9H2,1H3,(H,10,12). The average molecular weight is 185 g/mol. The van der Waals surface area contributed by atoms with Gasteiger partial charge in [-0.25, -0.2) is 0 Å². The number of piperazine rings is 1. The zero-order valence-electron chi connectivity index (χ0n) is 7.75.